The van der Waals surface area contributed by atoms with Crippen LogP contribution in [0.15, 0.2) is 67.0 Å². The van der Waals surface area contributed by atoms with Gasteiger partial charge in [-0.05, 0) is 60.4 Å². The zero-order chi connectivity index (χ0) is 25.2. The number of carbonyl (C=O) groups excluding carboxylic acids is 1. The van der Waals surface area contributed by atoms with Crippen LogP contribution in [0.25, 0.3) is 33.2 Å². The number of hydrogen-bond donors (Lipinski definition) is 2. The summed E-state index contributed by atoms with van der Waals surface area (Å²) in [6.07, 6.45) is 7.73. The van der Waals surface area contributed by atoms with E-state index < -0.39 is 0 Å². The van der Waals surface area contributed by atoms with Gasteiger partial charge >= 0.3 is 0 Å². The van der Waals surface area contributed by atoms with E-state index in [1.807, 2.05) is 24.4 Å². The van der Waals surface area contributed by atoms with Crippen molar-refractivity contribution in [2.45, 2.75) is 25.7 Å². The van der Waals surface area contributed by atoms with Crippen LogP contribution in [-0.2, 0) is 9.53 Å². The maximum Gasteiger partial charge on any atom is 0.227 e. The van der Waals surface area contributed by atoms with Crippen molar-refractivity contribution in [2.75, 3.05) is 42.3 Å². The van der Waals surface area contributed by atoms with Gasteiger partial charge in [-0.15, -0.1) is 0 Å². The summed E-state index contributed by atoms with van der Waals surface area (Å²) in [4.78, 5) is 24.0. The van der Waals surface area contributed by atoms with Gasteiger partial charge in [0.25, 0.3) is 0 Å². The normalized spacial score (nSPS) is 16.3. The molecule has 1 aliphatic carbocycles. The van der Waals surface area contributed by atoms with Crippen LogP contribution in [0, 0.1) is 5.92 Å². The molecule has 2 fully saturated rings. The molecule has 2 aliphatic rings. The van der Waals surface area contributed by atoms with Gasteiger partial charge in [0.2, 0.25) is 5.91 Å². The number of nitrogens with zero attached hydrogens (tertiary/aromatic N) is 3. The Morgan fingerprint density at radius 2 is 1.68 bits per heavy atom. The molecule has 1 amide bonds. The van der Waals surface area contributed by atoms with Crippen molar-refractivity contribution in [3.8, 4) is 22.3 Å². The summed E-state index contributed by atoms with van der Waals surface area (Å²) in [6.45, 7) is 3.33. The molecule has 3 heterocycles. The van der Waals surface area contributed by atoms with Crippen molar-refractivity contribution in [1.29, 1.82) is 0 Å². The Hall–Kier alpha value is -3.97. The van der Waals surface area contributed by atoms with Crippen LogP contribution in [0.5, 0.6) is 0 Å². The van der Waals surface area contributed by atoms with Crippen molar-refractivity contribution in [3.63, 3.8) is 0 Å². The molecule has 7 nitrogen and oxygen atoms in total. The lowest BCUT2D eigenvalue weighted by Gasteiger charge is -2.29. The van der Waals surface area contributed by atoms with Gasteiger partial charge in [0.15, 0.2) is 0 Å². The summed E-state index contributed by atoms with van der Waals surface area (Å²) in [5, 5.41) is 4.06. The molecular weight excluding hydrogens is 462 g/mol. The third-order valence-electron chi connectivity index (χ3n) is 7.46. The molecule has 1 saturated carbocycles. The number of carbonyl (C=O) groups is 1. The lowest BCUT2D eigenvalue weighted by Crippen LogP contribution is -2.36. The highest BCUT2D eigenvalue weighted by atomic mass is 16.5. The van der Waals surface area contributed by atoms with Crippen molar-refractivity contribution < 1.29 is 9.53 Å². The van der Waals surface area contributed by atoms with E-state index in [9.17, 15) is 4.79 Å². The molecule has 0 atom stereocenters. The van der Waals surface area contributed by atoms with E-state index in [1.165, 1.54) is 5.69 Å². The second-order valence-corrected chi connectivity index (χ2v) is 9.91. The summed E-state index contributed by atoms with van der Waals surface area (Å²) in [6, 6.07) is 18.7. The highest BCUT2D eigenvalue weighted by Crippen LogP contribution is 2.33. The van der Waals surface area contributed by atoms with Crippen LogP contribution in [0.1, 0.15) is 25.7 Å². The Morgan fingerprint density at radius 1 is 0.919 bits per heavy atom. The summed E-state index contributed by atoms with van der Waals surface area (Å²) >= 11 is 0. The molecule has 2 aromatic carbocycles. The van der Waals surface area contributed by atoms with Gasteiger partial charge in [-0.1, -0.05) is 31.0 Å². The quantitative estimate of drug-likeness (QED) is 0.381. The summed E-state index contributed by atoms with van der Waals surface area (Å²) < 4.78 is 5.47. The average Bonchev–Trinajstić information content (AvgIpc) is 3.49. The van der Waals surface area contributed by atoms with Gasteiger partial charge in [-0.2, -0.15) is 0 Å². The number of benzene rings is 2. The highest BCUT2D eigenvalue weighted by molar-refractivity contribution is 5.94. The fraction of sp³-hybridized carbons (Fsp3) is 0.300. The molecule has 37 heavy (non-hydrogen) atoms. The van der Waals surface area contributed by atoms with Crippen LogP contribution in [-0.4, -0.2) is 42.2 Å². The number of anilines is 3. The van der Waals surface area contributed by atoms with Crippen LogP contribution >= 0.6 is 0 Å². The first-order valence-corrected chi connectivity index (χ1v) is 13.0. The van der Waals surface area contributed by atoms with Gasteiger partial charge in [0.1, 0.15) is 5.82 Å². The van der Waals surface area contributed by atoms with E-state index in [2.05, 4.69) is 56.6 Å². The molecule has 0 bridgehead atoms. The van der Waals surface area contributed by atoms with E-state index in [0.717, 1.165) is 90.8 Å². The summed E-state index contributed by atoms with van der Waals surface area (Å²) in [5.74, 6) is 0.721. The minimum absolute atomic E-state index is 0.0962. The molecule has 0 radical (unpaired) electrons. The van der Waals surface area contributed by atoms with Crippen LogP contribution in [0.2, 0.25) is 0 Å². The van der Waals surface area contributed by atoms with Crippen molar-refractivity contribution in [1.82, 2.24) is 9.97 Å². The molecule has 6 rings (SSSR count). The molecule has 2 aromatic heterocycles. The summed E-state index contributed by atoms with van der Waals surface area (Å²) in [5.41, 5.74) is 13.0. The Kier molecular flexibility index (Phi) is 6.45. The second kappa shape index (κ2) is 10.2. The van der Waals surface area contributed by atoms with Crippen LogP contribution in [0.4, 0.5) is 17.2 Å². The zero-order valence-electron chi connectivity index (χ0n) is 20.8. The van der Waals surface area contributed by atoms with E-state index in [1.54, 1.807) is 6.20 Å². The van der Waals surface area contributed by atoms with Gasteiger partial charge in [-0.25, -0.2) is 4.98 Å². The molecule has 1 saturated heterocycles. The van der Waals surface area contributed by atoms with Gasteiger partial charge in [-0.3, -0.25) is 9.78 Å². The number of nitrogen functional groups attached to an aromatic ring is 1. The number of aromatic nitrogens is 2. The first kappa shape index (κ1) is 23.4. The van der Waals surface area contributed by atoms with Crippen molar-refractivity contribution >= 4 is 34.0 Å². The average molecular weight is 494 g/mol. The molecule has 0 spiro atoms. The number of amides is 1. The lowest BCUT2D eigenvalue weighted by atomic mass is 10.0. The number of fused-ring (bicyclic) bond motifs is 1. The molecule has 188 valence electrons. The van der Waals surface area contributed by atoms with Crippen molar-refractivity contribution in [2.24, 2.45) is 5.92 Å². The van der Waals surface area contributed by atoms with Gasteiger partial charge in [0.05, 0.1) is 30.6 Å². The molecular formula is C30H31N5O2. The zero-order valence-corrected chi connectivity index (χ0v) is 20.8. The Labute approximate surface area is 216 Å². The smallest absolute Gasteiger partial charge is 0.227 e. The number of nitrogens with two attached hydrogens (primary N) is 1. The van der Waals surface area contributed by atoms with E-state index >= 15 is 0 Å². The number of hydrogen-bond acceptors (Lipinski definition) is 6. The molecule has 3 N–H and O–H groups in total. The molecule has 1 aliphatic heterocycles. The van der Waals surface area contributed by atoms with E-state index in [4.69, 9.17) is 10.5 Å². The van der Waals surface area contributed by atoms with E-state index in [0.29, 0.717) is 5.82 Å². The lowest BCUT2D eigenvalue weighted by molar-refractivity contribution is -0.119. The molecule has 4 aromatic rings. The predicted octanol–water partition coefficient (Wildman–Crippen LogP) is 5.51. The van der Waals surface area contributed by atoms with Crippen LogP contribution < -0.4 is 16.0 Å². The minimum atomic E-state index is 0.0962. The molecule has 0 unspecified atom stereocenters. The Morgan fingerprint density at radius 3 is 2.46 bits per heavy atom. The Balaban J connectivity index is 1.27. The molecule has 7 heteroatoms. The number of pyridine rings is 2. The largest absolute Gasteiger partial charge is 0.383 e. The summed E-state index contributed by atoms with van der Waals surface area (Å²) in [7, 11) is 0. The maximum absolute atomic E-state index is 12.6. The van der Waals surface area contributed by atoms with Gasteiger partial charge in [0, 0.05) is 47.4 Å². The third-order valence-corrected chi connectivity index (χ3v) is 7.46. The fourth-order valence-corrected chi connectivity index (χ4v) is 5.37. The first-order valence-electron chi connectivity index (χ1n) is 13.0. The van der Waals surface area contributed by atoms with E-state index in [-0.39, 0.29) is 11.8 Å². The minimum Gasteiger partial charge on any atom is -0.383 e. The third kappa shape index (κ3) is 5.00. The highest BCUT2D eigenvalue weighted by Gasteiger charge is 2.22. The topological polar surface area (TPSA) is 93.4 Å². The Bertz CT molecular complexity index is 1420. The number of rotatable bonds is 5. The number of morpholine rings is 1. The fourth-order valence-electron chi connectivity index (χ4n) is 5.37. The number of ether oxygens (including phenoxy) is 1. The van der Waals surface area contributed by atoms with Gasteiger partial charge < -0.3 is 20.7 Å². The van der Waals surface area contributed by atoms with Crippen molar-refractivity contribution in [3.05, 3.63) is 67.0 Å². The monoisotopic (exact) mass is 493 g/mol. The first-order chi connectivity index (χ1) is 18.1. The SMILES string of the molecule is Nc1nc2ccc(-c3cncc(NC(=O)C4CCCC4)c3)cc2cc1-c1ccc(N2CCOCC2)cc1. The second-order valence-electron chi connectivity index (χ2n) is 9.91. The maximum atomic E-state index is 12.6. The number of nitrogens with one attached hydrogen (secondary N) is 1. The standard InChI is InChI=1S/C30H31N5O2/c31-29-27(20-5-8-26(9-6-20)35-11-13-37-14-12-35)17-23-15-22(7-10-28(23)34-29)24-16-25(19-32-18-24)33-30(36)21-3-1-2-4-21/h5-10,15-19,21H,1-4,11-14H2,(H2,31,34)(H,33,36). The van der Waals surface area contributed by atoms with Crippen LogP contribution in [0.3, 0.4) is 0 Å². The predicted molar refractivity (Wildman–Crippen MR) is 148 cm³/mol.